The topological polar surface area (TPSA) is 90.8 Å². The third kappa shape index (κ3) is 6.27. The van der Waals surface area contributed by atoms with Crippen LogP contribution in [0.3, 0.4) is 0 Å². The van der Waals surface area contributed by atoms with Gasteiger partial charge in [-0.05, 0) is 48.4 Å². The third-order valence-corrected chi connectivity index (χ3v) is 3.61. The minimum atomic E-state index is -0.267. The van der Waals surface area contributed by atoms with Gasteiger partial charge in [0.1, 0.15) is 5.75 Å². The lowest BCUT2D eigenvalue weighted by Gasteiger charge is -2.06. The van der Waals surface area contributed by atoms with Crippen molar-refractivity contribution in [2.75, 3.05) is 6.54 Å². The Balaban J connectivity index is 1.66. The number of carbonyl (C=O) groups is 2. The molecule has 0 fully saturated rings. The molecule has 130 valence electrons. The Morgan fingerprint density at radius 1 is 1.12 bits per heavy atom. The lowest BCUT2D eigenvalue weighted by atomic mass is 10.2. The summed E-state index contributed by atoms with van der Waals surface area (Å²) in [6.45, 7) is 0.360. The van der Waals surface area contributed by atoms with Gasteiger partial charge in [-0.3, -0.25) is 9.59 Å². The van der Waals surface area contributed by atoms with Crippen LogP contribution in [0.5, 0.6) is 5.75 Å². The van der Waals surface area contributed by atoms with Gasteiger partial charge in [0.05, 0.1) is 16.8 Å². The summed E-state index contributed by atoms with van der Waals surface area (Å²) in [6.07, 6.45) is 2.20. The number of nitrogens with one attached hydrogen (secondary N) is 2. The molecule has 0 heterocycles. The number of nitrogens with zero attached hydrogens (tertiary/aromatic N) is 1. The fourth-order valence-corrected chi connectivity index (χ4v) is 2.21. The fraction of sp³-hybridized carbons (Fsp3) is 0.167. The van der Waals surface area contributed by atoms with E-state index in [4.69, 9.17) is 16.7 Å². The number of hydrogen-bond acceptors (Lipinski definition) is 4. The van der Waals surface area contributed by atoms with Crippen LogP contribution in [0.15, 0.2) is 53.6 Å². The zero-order valence-corrected chi connectivity index (χ0v) is 14.2. The van der Waals surface area contributed by atoms with Crippen LogP contribution < -0.4 is 10.7 Å². The van der Waals surface area contributed by atoms with Crippen molar-refractivity contribution in [3.63, 3.8) is 0 Å². The molecule has 0 unspecified atom stereocenters. The van der Waals surface area contributed by atoms with Gasteiger partial charge >= 0.3 is 0 Å². The lowest BCUT2D eigenvalue weighted by molar-refractivity contribution is -0.121. The number of phenolic OH excluding ortho intramolecular Hbond substituents is 1. The maximum atomic E-state index is 11.9. The van der Waals surface area contributed by atoms with E-state index >= 15 is 0 Å². The average Bonchev–Trinajstić information content (AvgIpc) is 2.60. The molecule has 0 aliphatic rings. The number of rotatable bonds is 7. The molecule has 0 spiro atoms. The van der Waals surface area contributed by atoms with Gasteiger partial charge in [-0.1, -0.05) is 23.7 Å². The second kappa shape index (κ2) is 9.44. The smallest absolute Gasteiger partial charge is 0.252 e. The molecule has 0 radical (unpaired) electrons. The molecule has 2 rings (SSSR count). The summed E-state index contributed by atoms with van der Waals surface area (Å²) < 4.78 is 0. The van der Waals surface area contributed by atoms with Gasteiger partial charge < -0.3 is 10.4 Å². The second-order valence-electron chi connectivity index (χ2n) is 5.22. The maximum absolute atomic E-state index is 11.9. The summed E-state index contributed by atoms with van der Waals surface area (Å²) in [5.41, 5.74) is 3.57. The molecule has 0 aromatic heterocycles. The molecular formula is C18H18ClN3O3. The first-order valence-electron chi connectivity index (χ1n) is 7.70. The molecule has 0 saturated carbocycles. The molecule has 25 heavy (non-hydrogen) atoms. The van der Waals surface area contributed by atoms with E-state index in [0.717, 1.165) is 5.56 Å². The van der Waals surface area contributed by atoms with E-state index in [-0.39, 0.29) is 24.0 Å². The molecule has 7 heteroatoms. The van der Waals surface area contributed by atoms with E-state index in [1.807, 2.05) is 0 Å². The summed E-state index contributed by atoms with van der Waals surface area (Å²) in [4.78, 5) is 23.6. The Kier molecular flexibility index (Phi) is 6.98. The van der Waals surface area contributed by atoms with Crippen molar-refractivity contribution in [1.29, 1.82) is 0 Å². The molecule has 2 amide bonds. The molecule has 0 aliphatic carbocycles. The van der Waals surface area contributed by atoms with Crippen molar-refractivity contribution in [3.8, 4) is 5.75 Å². The summed E-state index contributed by atoms with van der Waals surface area (Å²) >= 11 is 5.94. The zero-order chi connectivity index (χ0) is 18.1. The fourth-order valence-electron chi connectivity index (χ4n) is 1.99. The Bertz CT molecular complexity index is 760. The predicted octanol–water partition coefficient (Wildman–Crippen LogP) is 2.71. The predicted molar refractivity (Wildman–Crippen MR) is 96.9 cm³/mol. The lowest BCUT2D eigenvalue weighted by Crippen LogP contribution is -2.26. The Hall–Kier alpha value is -2.86. The van der Waals surface area contributed by atoms with Gasteiger partial charge in [0.25, 0.3) is 5.91 Å². The van der Waals surface area contributed by atoms with Crippen molar-refractivity contribution >= 4 is 29.6 Å². The SMILES string of the molecule is O=C(CCCNC(=O)c1ccccc1Cl)NN=Cc1ccc(O)cc1. The number of carbonyl (C=O) groups excluding carboxylic acids is 2. The van der Waals surface area contributed by atoms with E-state index in [0.29, 0.717) is 23.6 Å². The van der Waals surface area contributed by atoms with Crippen LogP contribution in [0.25, 0.3) is 0 Å². The quantitative estimate of drug-likeness (QED) is 0.403. The average molecular weight is 360 g/mol. The maximum Gasteiger partial charge on any atom is 0.252 e. The highest BCUT2D eigenvalue weighted by Crippen LogP contribution is 2.14. The van der Waals surface area contributed by atoms with Crippen LogP contribution in [-0.2, 0) is 4.79 Å². The molecule has 2 aromatic rings. The number of benzene rings is 2. The standard InChI is InChI=1S/C18H18ClN3O3/c19-16-5-2-1-4-15(16)18(25)20-11-3-6-17(24)22-21-12-13-7-9-14(23)10-8-13/h1-2,4-5,7-10,12,23H,3,6,11H2,(H,20,25)(H,22,24). The zero-order valence-electron chi connectivity index (χ0n) is 13.4. The van der Waals surface area contributed by atoms with Crippen molar-refractivity contribution in [2.24, 2.45) is 5.10 Å². The molecule has 2 aromatic carbocycles. The Morgan fingerprint density at radius 3 is 2.56 bits per heavy atom. The van der Waals surface area contributed by atoms with E-state index in [1.54, 1.807) is 36.4 Å². The van der Waals surface area contributed by atoms with Gasteiger partial charge in [0.2, 0.25) is 5.91 Å². The molecule has 0 atom stereocenters. The van der Waals surface area contributed by atoms with Crippen LogP contribution in [0.4, 0.5) is 0 Å². The Labute approximate surface area is 150 Å². The van der Waals surface area contributed by atoms with Crippen LogP contribution in [0.2, 0.25) is 5.02 Å². The molecule has 3 N–H and O–H groups in total. The first-order chi connectivity index (χ1) is 12.1. The minimum Gasteiger partial charge on any atom is -0.508 e. The minimum absolute atomic E-state index is 0.167. The summed E-state index contributed by atoms with van der Waals surface area (Å²) in [7, 11) is 0. The number of aromatic hydroxyl groups is 1. The van der Waals surface area contributed by atoms with Crippen LogP contribution in [0.1, 0.15) is 28.8 Å². The number of hydrazone groups is 1. The highest BCUT2D eigenvalue weighted by atomic mass is 35.5. The van der Waals surface area contributed by atoms with E-state index in [9.17, 15) is 9.59 Å². The van der Waals surface area contributed by atoms with Crippen molar-refractivity contribution < 1.29 is 14.7 Å². The monoisotopic (exact) mass is 359 g/mol. The van der Waals surface area contributed by atoms with Gasteiger partial charge in [-0.2, -0.15) is 5.10 Å². The third-order valence-electron chi connectivity index (χ3n) is 3.28. The number of halogens is 1. The number of hydrogen-bond donors (Lipinski definition) is 3. The summed E-state index contributed by atoms with van der Waals surface area (Å²) in [5, 5.41) is 16.1. The number of phenols is 1. The van der Waals surface area contributed by atoms with Crippen LogP contribution >= 0.6 is 11.6 Å². The second-order valence-corrected chi connectivity index (χ2v) is 5.63. The highest BCUT2D eigenvalue weighted by Gasteiger charge is 2.08. The molecule has 0 bridgehead atoms. The molecule has 0 saturated heterocycles. The number of amides is 2. The van der Waals surface area contributed by atoms with E-state index < -0.39 is 0 Å². The normalized spacial score (nSPS) is 10.6. The molecule has 0 aliphatic heterocycles. The highest BCUT2D eigenvalue weighted by molar-refractivity contribution is 6.33. The van der Waals surface area contributed by atoms with Crippen LogP contribution in [-0.4, -0.2) is 29.7 Å². The largest absolute Gasteiger partial charge is 0.508 e. The van der Waals surface area contributed by atoms with Crippen molar-refractivity contribution in [2.45, 2.75) is 12.8 Å². The first kappa shape index (κ1) is 18.5. The Morgan fingerprint density at radius 2 is 1.84 bits per heavy atom. The first-order valence-corrected chi connectivity index (χ1v) is 8.08. The van der Waals surface area contributed by atoms with Crippen molar-refractivity contribution in [1.82, 2.24) is 10.7 Å². The van der Waals surface area contributed by atoms with E-state index in [2.05, 4.69) is 15.8 Å². The van der Waals surface area contributed by atoms with Gasteiger partial charge in [0, 0.05) is 13.0 Å². The van der Waals surface area contributed by atoms with Gasteiger partial charge in [0.15, 0.2) is 0 Å². The van der Waals surface area contributed by atoms with Gasteiger partial charge in [-0.25, -0.2) is 5.43 Å². The van der Waals surface area contributed by atoms with Crippen molar-refractivity contribution in [3.05, 3.63) is 64.7 Å². The van der Waals surface area contributed by atoms with Gasteiger partial charge in [-0.15, -0.1) is 0 Å². The van der Waals surface area contributed by atoms with E-state index in [1.165, 1.54) is 18.3 Å². The molecular weight excluding hydrogens is 342 g/mol. The van der Waals surface area contributed by atoms with Crippen LogP contribution in [0, 0.1) is 0 Å². The summed E-state index contributed by atoms with van der Waals surface area (Å²) in [5.74, 6) is -0.349. The molecule has 6 nitrogen and oxygen atoms in total. The summed E-state index contributed by atoms with van der Waals surface area (Å²) in [6, 6.07) is 13.2.